The van der Waals surface area contributed by atoms with Crippen molar-refractivity contribution in [1.82, 2.24) is 4.90 Å². The van der Waals surface area contributed by atoms with Crippen molar-refractivity contribution in [1.29, 1.82) is 0 Å². The summed E-state index contributed by atoms with van der Waals surface area (Å²) < 4.78 is 15.8. The van der Waals surface area contributed by atoms with Gasteiger partial charge in [-0.2, -0.15) is 0 Å². The summed E-state index contributed by atoms with van der Waals surface area (Å²) in [6.07, 6.45) is -0.939. The quantitative estimate of drug-likeness (QED) is 0.767. The van der Waals surface area contributed by atoms with Crippen LogP contribution in [0.5, 0.6) is 17.2 Å². The molecule has 2 N–H and O–H groups in total. The number of carbonyl (C=O) groups is 2. The minimum absolute atomic E-state index is 0.00788. The van der Waals surface area contributed by atoms with E-state index in [0.717, 1.165) is 0 Å². The van der Waals surface area contributed by atoms with Crippen LogP contribution in [0.2, 0.25) is 0 Å². The van der Waals surface area contributed by atoms with Crippen molar-refractivity contribution in [3.05, 3.63) is 22.8 Å². The molecule has 2 aliphatic heterocycles. The van der Waals surface area contributed by atoms with Crippen molar-refractivity contribution in [2.24, 2.45) is 0 Å². The molecule has 1 aromatic carbocycles. The van der Waals surface area contributed by atoms with Gasteiger partial charge in [0.15, 0.2) is 17.8 Å². The molecule has 1 aromatic rings. The number of carbonyl (C=O) groups excluding carboxylic acids is 2. The summed E-state index contributed by atoms with van der Waals surface area (Å²) in [7, 11) is 1.37. The Labute approximate surface area is 150 Å². The molecule has 0 bridgehead atoms. The molecule has 2 aliphatic rings. The molecule has 0 spiro atoms. The summed E-state index contributed by atoms with van der Waals surface area (Å²) >= 11 is 0. The molecule has 0 aromatic heterocycles. The number of aldehydes is 1. The number of phenolic OH excluding ortho intramolecular Hbond substituents is 1. The van der Waals surface area contributed by atoms with Gasteiger partial charge in [-0.1, -0.05) is 0 Å². The molecule has 0 radical (unpaired) electrons. The lowest BCUT2D eigenvalue weighted by atomic mass is 9.92. The van der Waals surface area contributed by atoms with Gasteiger partial charge in [-0.05, 0) is 18.6 Å². The lowest BCUT2D eigenvalue weighted by Crippen LogP contribution is -2.41. The lowest BCUT2D eigenvalue weighted by molar-refractivity contribution is -0.135. The van der Waals surface area contributed by atoms with Gasteiger partial charge < -0.3 is 29.3 Å². The second-order valence-electron chi connectivity index (χ2n) is 6.13. The Kier molecular flexibility index (Phi) is 5.15. The monoisotopic (exact) mass is 363 g/mol. The second kappa shape index (κ2) is 7.35. The van der Waals surface area contributed by atoms with Gasteiger partial charge >= 0.3 is 0 Å². The van der Waals surface area contributed by atoms with Crippen molar-refractivity contribution >= 4 is 17.8 Å². The van der Waals surface area contributed by atoms with Crippen LogP contribution in [0, 0.1) is 0 Å². The zero-order valence-corrected chi connectivity index (χ0v) is 14.7. The molecule has 1 amide bonds. The van der Waals surface area contributed by atoms with Crippen LogP contribution in [0.1, 0.15) is 29.3 Å². The van der Waals surface area contributed by atoms with Gasteiger partial charge in [0.2, 0.25) is 12.2 Å². The molecule has 0 saturated carbocycles. The first-order valence-electron chi connectivity index (χ1n) is 8.27. The maximum atomic E-state index is 12.5. The Hall–Kier alpha value is -2.58. The molecule has 1 saturated heterocycles. The molecule has 3 rings (SSSR count). The third-order valence-electron chi connectivity index (χ3n) is 4.71. The Balaban J connectivity index is 1.98. The van der Waals surface area contributed by atoms with Gasteiger partial charge in [0.25, 0.3) is 0 Å². The predicted molar refractivity (Wildman–Crippen MR) is 91.3 cm³/mol. The first-order valence-corrected chi connectivity index (χ1v) is 8.27. The number of benzene rings is 1. The highest BCUT2D eigenvalue weighted by Gasteiger charge is 2.32. The highest BCUT2D eigenvalue weighted by molar-refractivity contribution is 5.92. The van der Waals surface area contributed by atoms with E-state index in [1.807, 2.05) is 0 Å². The van der Waals surface area contributed by atoms with Crippen LogP contribution >= 0.6 is 0 Å². The summed E-state index contributed by atoms with van der Waals surface area (Å²) in [5, 5.41) is 20.5. The number of aliphatic hydroxyl groups excluding tert-OH is 1. The molecule has 8 nitrogen and oxygen atoms in total. The molecule has 140 valence electrons. The summed E-state index contributed by atoms with van der Waals surface area (Å²) in [6, 6.07) is 1.53. The van der Waals surface area contributed by atoms with Crippen LogP contribution < -0.4 is 9.47 Å². The number of aromatic hydroxyl groups is 1. The van der Waals surface area contributed by atoms with Crippen molar-refractivity contribution in [3.63, 3.8) is 0 Å². The number of ether oxygens (including phenoxy) is 3. The van der Waals surface area contributed by atoms with Gasteiger partial charge in [-0.25, -0.2) is 0 Å². The zero-order valence-electron chi connectivity index (χ0n) is 14.7. The van der Waals surface area contributed by atoms with E-state index in [9.17, 15) is 19.8 Å². The van der Waals surface area contributed by atoms with E-state index in [2.05, 4.69) is 0 Å². The summed E-state index contributed by atoms with van der Waals surface area (Å²) in [4.78, 5) is 25.6. The number of rotatable bonds is 4. The van der Waals surface area contributed by atoms with Crippen LogP contribution in [0.3, 0.4) is 0 Å². The topological polar surface area (TPSA) is 106 Å². The summed E-state index contributed by atoms with van der Waals surface area (Å²) in [6.45, 7) is 3.73. The van der Waals surface area contributed by atoms with E-state index in [1.165, 1.54) is 13.2 Å². The minimum atomic E-state index is -1.38. The van der Waals surface area contributed by atoms with E-state index in [0.29, 0.717) is 49.3 Å². The molecule has 1 atom stereocenters. The largest absolute Gasteiger partial charge is 0.504 e. The predicted octanol–water partition coefficient (Wildman–Crippen LogP) is 0.946. The third kappa shape index (κ3) is 3.13. The molecule has 1 fully saturated rings. The molecule has 2 heterocycles. The van der Waals surface area contributed by atoms with Gasteiger partial charge in [0, 0.05) is 24.2 Å². The molecular formula is C18H21NO7. The van der Waals surface area contributed by atoms with Crippen LogP contribution in [-0.2, 0) is 9.53 Å². The summed E-state index contributed by atoms with van der Waals surface area (Å²) in [5.41, 5.74) is 1.42. The number of aliphatic hydroxyl groups is 1. The van der Waals surface area contributed by atoms with Crippen LogP contribution in [0.15, 0.2) is 11.6 Å². The minimum Gasteiger partial charge on any atom is -0.504 e. The molecule has 0 aliphatic carbocycles. The van der Waals surface area contributed by atoms with Crippen molar-refractivity contribution in [3.8, 4) is 17.2 Å². The van der Waals surface area contributed by atoms with E-state index in [1.54, 1.807) is 11.8 Å². The Morgan fingerprint density at radius 3 is 2.73 bits per heavy atom. The molecular weight excluding hydrogens is 342 g/mol. The number of hydrogen-bond acceptors (Lipinski definition) is 7. The van der Waals surface area contributed by atoms with Crippen molar-refractivity contribution in [2.75, 3.05) is 33.4 Å². The Morgan fingerprint density at radius 2 is 2.12 bits per heavy atom. The smallest absolute Gasteiger partial charge is 0.227 e. The highest BCUT2D eigenvalue weighted by Crippen LogP contribution is 2.45. The summed E-state index contributed by atoms with van der Waals surface area (Å²) in [5.74, 6) is -0.292. The van der Waals surface area contributed by atoms with E-state index in [4.69, 9.17) is 14.2 Å². The van der Waals surface area contributed by atoms with Gasteiger partial charge in [0.05, 0.1) is 26.7 Å². The number of phenols is 1. The van der Waals surface area contributed by atoms with Crippen molar-refractivity contribution < 1.29 is 34.0 Å². The van der Waals surface area contributed by atoms with Gasteiger partial charge in [-0.15, -0.1) is 0 Å². The molecule has 26 heavy (non-hydrogen) atoms. The average Bonchev–Trinajstić information content (AvgIpc) is 2.65. The fourth-order valence-electron chi connectivity index (χ4n) is 3.17. The lowest BCUT2D eigenvalue weighted by Gasteiger charge is -2.31. The van der Waals surface area contributed by atoms with Crippen LogP contribution in [0.4, 0.5) is 0 Å². The number of allylic oxidation sites excluding steroid dienone is 1. The number of hydrogen-bond donors (Lipinski definition) is 2. The first-order chi connectivity index (χ1) is 12.5. The SMILES string of the molecule is COc1cc2c(c(C=O)c1O)OC(O)C(CC(=O)N1CCOCC1)=C2C. The van der Waals surface area contributed by atoms with Gasteiger partial charge in [-0.3, -0.25) is 9.59 Å². The molecule has 8 heteroatoms. The average molecular weight is 363 g/mol. The van der Waals surface area contributed by atoms with E-state index >= 15 is 0 Å². The van der Waals surface area contributed by atoms with Crippen molar-refractivity contribution in [2.45, 2.75) is 19.6 Å². The number of nitrogens with zero attached hydrogens (tertiary/aromatic N) is 1. The standard InChI is InChI=1S/C18H21NO7/c1-10-11-7-14(24-2)16(22)13(9-20)17(11)26-18(23)12(10)8-15(21)19-3-5-25-6-4-19/h7,9,18,22-23H,3-6,8H2,1-2H3. The number of methoxy groups -OCH3 is 1. The normalized spacial score (nSPS) is 19.7. The van der Waals surface area contributed by atoms with Gasteiger partial charge in [0.1, 0.15) is 11.3 Å². The highest BCUT2D eigenvalue weighted by atomic mass is 16.6. The van der Waals surface area contributed by atoms with Crippen LogP contribution in [0.25, 0.3) is 5.57 Å². The van der Waals surface area contributed by atoms with E-state index in [-0.39, 0.29) is 35.1 Å². The number of fused-ring (bicyclic) bond motifs is 1. The van der Waals surface area contributed by atoms with Crippen LogP contribution in [-0.4, -0.2) is 67.0 Å². The fourth-order valence-corrected chi connectivity index (χ4v) is 3.17. The first kappa shape index (κ1) is 18.2. The maximum absolute atomic E-state index is 12.5. The fraction of sp³-hybridized carbons (Fsp3) is 0.444. The zero-order chi connectivity index (χ0) is 18.8. The number of amides is 1. The Bertz CT molecular complexity index is 765. The maximum Gasteiger partial charge on any atom is 0.227 e. The van der Waals surface area contributed by atoms with E-state index < -0.39 is 6.29 Å². The Morgan fingerprint density at radius 1 is 1.42 bits per heavy atom. The molecule has 1 unspecified atom stereocenters. The number of morpholine rings is 1. The second-order valence-corrected chi connectivity index (χ2v) is 6.13. The third-order valence-corrected chi connectivity index (χ3v) is 4.71.